The molecule has 1 saturated heterocycles. The number of amides is 1. The van der Waals surface area contributed by atoms with Gasteiger partial charge in [-0.3, -0.25) is 4.79 Å². The standard InChI is InChI=1S/C26H25ClF2N4O4S/c1-2-35-20-4-3-9-30-25(20)36-13-22(34)33-10-7-15(8-11-33)26-31-19(14-38-26)18-12-21(37-32-18)23-16(28)5-6-17(29)24(23)27/h3-6,9,14-15,21H,2,7-8,10-13H2,1H3. The van der Waals surface area contributed by atoms with Gasteiger partial charge in [-0.2, -0.15) is 0 Å². The molecular weight excluding hydrogens is 538 g/mol. The number of aromatic nitrogens is 2. The van der Waals surface area contributed by atoms with Crippen LogP contribution in [-0.2, 0) is 9.63 Å². The molecule has 200 valence electrons. The second-order valence-electron chi connectivity index (χ2n) is 8.85. The SMILES string of the molecule is CCOc1cccnc1OCC(=O)N1CCC(c2nc(C3=NOC(c4c(F)ccc(F)c4Cl)C3)cs2)CC1. The third-order valence-corrected chi connectivity index (χ3v) is 7.84. The van der Waals surface area contributed by atoms with E-state index in [0.717, 1.165) is 30.0 Å². The van der Waals surface area contributed by atoms with Crippen molar-refractivity contribution in [3.63, 3.8) is 0 Å². The van der Waals surface area contributed by atoms with Crippen molar-refractivity contribution in [3.05, 3.63) is 68.8 Å². The smallest absolute Gasteiger partial charge is 0.260 e. The van der Waals surface area contributed by atoms with E-state index in [2.05, 4.69) is 10.1 Å². The van der Waals surface area contributed by atoms with E-state index < -0.39 is 17.7 Å². The van der Waals surface area contributed by atoms with Crippen LogP contribution >= 0.6 is 22.9 Å². The maximum atomic E-state index is 14.3. The van der Waals surface area contributed by atoms with E-state index in [0.29, 0.717) is 42.7 Å². The molecule has 1 amide bonds. The monoisotopic (exact) mass is 562 g/mol. The van der Waals surface area contributed by atoms with E-state index in [1.54, 1.807) is 23.2 Å². The molecule has 2 aliphatic heterocycles. The Balaban J connectivity index is 1.14. The molecule has 5 rings (SSSR count). The summed E-state index contributed by atoms with van der Waals surface area (Å²) in [5.74, 6) is -0.445. The topological polar surface area (TPSA) is 86.1 Å². The van der Waals surface area contributed by atoms with Crippen molar-refractivity contribution >= 4 is 34.6 Å². The van der Waals surface area contributed by atoms with Gasteiger partial charge in [0.15, 0.2) is 18.5 Å². The molecule has 38 heavy (non-hydrogen) atoms. The lowest BCUT2D eigenvalue weighted by atomic mass is 9.97. The number of likely N-dealkylation sites (tertiary alicyclic amines) is 1. The number of halogens is 3. The third kappa shape index (κ3) is 5.58. The van der Waals surface area contributed by atoms with E-state index in [4.69, 9.17) is 30.9 Å². The Morgan fingerprint density at radius 2 is 2.00 bits per heavy atom. The Hall–Kier alpha value is -3.31. The van der Waals surface area contributed by atoms with Crippen LogP contribution in [0.3, 0.4) is 0 Å². The van der Waals surface area contributed by atoms with Crippen LogP contribution < -0.4 is 9.47 Å². The molecule has 0 bridgehead atoms. The quantitative estimate of drug-likeness (QED) is 0.336. The number of ether oxygens (including phenoxy) is 2. The minimum Gasteiger partial charge on any atom is -0.488 e. The lowest BCUT2D eigenvalue weighted by Crippen LogP contribution is -2.40. The summed E-state index contributed by atoms with van der Waals surface area (Å²) in [6, 6.07) is 5.51. The zero-order chi connectivity index (χ0) is 26.6. The number of carbonyl (C=O) groups is 1. The fourth-order valence-electron chi connectivity index (χ4n) is 4.48. The summed E-state index contributed by atoms with van der Waals surface area (Å²) >= 11 is 7.49. The van der Waals surface area contributed by atoms with Crippen LogP contribution in [0.5, 0.6) is 11.6 Å². The molecule has 12 heteroatoms. The molecule has 2 aliphatic rings. The summed E-state index contributed by atoms with van der Waals surface area (Å²) < 4.78 is 39.2. The van der Waals surface area contributed by atoms with Gasteiger partial charge in [-0.15, -0.1) is 11.3 Å². The molecule has 4 heterocycles. The number of hydrogen-bond acceptors (Lipinski definition) is 8. The van der Waals surface area contributed by atoms with Crippen molar-refractivity contribution in [1.29, 1.82) is 0 Å². The van der Waals surface area contributed by atoms with Gasteiger partial charge in [0.25, 0.3) is 11.8 Å². The van der Waals surface area contributed by atoms with Crippen LogP contribution in [-0.4, -0.2) is 52.8 Å². The second-order valence-corrected chi connectivity index (χ2v) is 10.1. The first kappa shape index (κ1) is 26.3. The van der Waals surface area contributed by atoms with Gasteiger partial charge >= 0.3 is 0 Å². The highest BCUT2D eigenvalue weighted by Gasteiger charge is 2.32. The molecule has 0 radical (unpaired) electrons. The van der Waals surface area contributed by atoms with E-state index in [1.165, 1.54) is 11.3 Å². The fourth-order valence-corrected chi connectivity index (χ4v) is 5.75. The molecule has 0 aliphatic carbocycles. The van der Waals surface area contributed by atoms with Crippen molar-refractivity contribution in [1.82, 2.24) is 14.9 Å². The molecular formula is C26H25ClF2N4O4S. The van der Waals surface area contributed by atoms with E-state index in [-0.39, 0.29) is 35.4 Å². The molecule has 0 spiro atoms. The highest BCUT2D eigenvalue weighted by molar-refractivity contribution is 7.10. The second kappa shape index (κ2) is 11.6. The number of hydrogen-bond donors (Lipinski definition) is 0. The number of rotatable bonds is 8. The van der Waals surface area contributed by atoms with Crippen LogP contribution in [0.4, 0.5) is 8.78 Å². The highest BCUT2D eigenvalue weighted by Crippen LogP contribution is 2.38. The highest BCUT2D eigenvalue weighted by atomic mass is 35.5. The average molecular weight is 563 g/mol. The Morgan fingerprint density at radius 1 is 1.21 bits per heavy atom. The number of oxime groups is 1. The lowest BCUT2D eigenvalue weighted by molar-refractivity contribution is -0.134. The first-order valence-electron chi connectivity index (χ1n) is 12.2. The van der Waals surface area contributed by atoms with Crippen molar-refractivity contribution < 1.29 is 27.9 Å². The van der Waals surface area contributed by atoms with E-state index in [9.17, 15) is 13.6 Å². The van der Waals surface area contributed by atoms with E-state index >= 15 is 0 Å². The average Bonchev–Trinajstić information content (AvgIpc) is 3.61. The zero-order valence-electron chi connectivity index (χ0n) is 20.5. The molecule has 2 aromatic heterocycles. The molecule has 1 atom stereocenters. The molecule has 3 aromatic rings. The molecule has 0 N–H and O–H groups in total. The maximum absolute atomic E-state index is 14.3. The van der Waals surface area contributed by atoms with Crippen molar-refractivity contribution in [3.8, 4) is 11.6 Å². The summed E-state index contributed by atoms with van der Waals surface area (Å²) in [7, 11) is 0. The van der Waals surface area contributed by atoms with Gasteiger partial charge in [0.05, 0.1) is 27.9 Å². The summed E-state index contributed by atoms with van der Waals surface area (Å²) in [5, 5.41) is 6.60. The van der Waals surface area contributed by atoms with Gasteiger partial charge in [-0.25, -0.2) is 18.7 Å². The van der Waals surface area contributed by atoms with Crippen molar-refractivity contribution in [2.45, 2.75) is 38.2 Å². The van der Waals surface area contributed by atoms with Crippen molar-refractivity contribution in [2.75, 3.05) is 26.3 Å². The van der Waals surface area contributed by atoms with Gasteiger partial charge < -0.3 is 19.2 Å². The summed E-state index contributed by atoms with van der Waals surface area (Å²) in [4.78, 5) is 28.8. The van der Waals surface area contributed by atoms with Gasteiger partial charge in [-0.1, -0.05) is 16.8 Å². The Bertz CT molecular complexity index is 1350. The van der Waals surface area contributed by atoms with E-state index in [1.807, 2.05) is 12.3 Å². The predicted octanol–water partition coefficient (Wildman–Crippen LogP) is 5.52. The largest absolute Gasteiger partial charge is 0.488 e. The van der Waals surface area contributed by atoms with Gasteiger partial charge in [0.2, 0.25) is 0 Å². The minimum absolute atomic E-state index is 0.0425. The number of pyridine rings is 1. The van der Waals surface area contributed by atoms with Gasteiger partial charge in [-0.05, 0) is 44.0 Å². The number of thiazole rings is 1. The lowest BCUT2D eigenvalue weighted by Gasteiger charge is -2.31. The normalized spacial score (nSPS) is 17.7. The first-order chi connectivity index (χ1) is 18.4. The van der Waals surface area contributed by atoms with Crippen LogP contribution in [0.25, 0.3) is 0 Å². The molecule has 1 aromatic carbocycles. The number of benzene rings is 1. The molecule has 0 saturated carbocycles. The third-order valence-electron chi connectivity index (χ3n) is 6.45. The summed E-state index contributed by atoms with van der Waals surface area (Å²) in [5.41, 5.74) is 1.16. The van der Waals surface area contributed by atoms with Crippen molar-refractivity contribution in [2.24, 2.45) is 5.16 Å². The molecule has 1 unspecified atom stereocenters. The van der Waals surface area contributed by atoms with Crippen LogP contribution in [0.2, 0.25) is 5.02 Å². The van der Waals surface area contributed by atoms with Crippen LogP contribution in [0, 0.1) is 11.6 Å². The Morgan fingerprint density at radius 3 is 2.79 bits per heavy atom. The Kier molecular flexibility index (Phi) is 8.04. The first-order valence-corrected chi connectivity index (χ1v) is 13.5. The van der Waals surface area contributed by atoms with Crippen LogP contribution in [0.15, 0.2) is 41.0 Å². The van der Waals surface area contributed by atoms with Crippen LogP contribution in [0.1, 0.15) is 54.5 Å². The predicted molar refractivity (Wildman–Crippen MR) is 138 cm³/mol. The summed E-state index contributed by atoms with van der Waals surface area (Å²) in [6.07, 6.45) is 2.54. The zero-order valence-corrected chi connectivity index (χ0v) is 22.1. The molecule has 8 nitrogen and oxygen atoms in total. The minimum atomic E-state index is -0.814. The van der Waals surface area contributed by atoms with Gasteiger partial charge in [0, 0.05) is 37.0 Å². The maximum Gasteiger partial charge on any atom is 0.260 e. The molecule has 1 fully saturated rings. The fraction of sp³-hybridized carbons (Fsp3) is 0.385. The number of carbonyl (C=O) groups excluding carboxylic acids is 1. The number of piperidine rings is 1. The van der Waals surface area contributed by atoms with Gasteiger partial charge in [0.1, 0.15) is 17.3 Å². The Labute approximate surface area is 227 Å². The summed E-state index contributed by atoms with van der Waals surface area (Å²) in [6.45, 7) is 3.41. The number of nitrogens with zero attached hydrogens (tertiary/aromatic N) is 4.